The van der Waals surface area contributed by atoms with Crippen LogP contribution in [-0.2, 0) is 4.74 Å². The minimum atomic E-state index is -0.0749. The van der Waals surface area contributed by atoms with Gasteiger partial charge in [0.25, 0.3) is 5.91 Å². The Labute approximate surface area is 173 Å². The Kier molecular flexibility index (Phi) is 6.20. The van der Waals surface area contributed by atoms with E-state index in [0.717, 1.165) is 40.3 Å². The van der Waals surface area contributed by atoms with E-state index in [1.54, 1.807) is 23.5 Å². The Morgan fingerprint density at radius 3 is 2.75 bits per heavy atom. The first kappa shape index (κ1) is 19.3. The zero-order chi connectivity index (χ0) is 19.3. The number of para-hydroxylation sites is 1. The number of hydrogen-bond acceptors (Lipinski definition) is 5. The van der Waals surface area contributed by atoms with Crippen molar-refractivity contribution in [2.45, 2.75) is 33.8 Å². The number of pyridine rings is 1. The van der Waals surface area contributed by atoms with Crippen LogP contribution in [-0.4, -0.2) is 36.4 Å². The molecule has 0 radical (unpaired) electrons. The molecule has 0 aliphatic carbocycles. The molecular weight excluding hydrogens is 388 g/mol. The highest BCUT2D eigenvalue weighted by molar-refractivity contribution is 8.02. The van der Waals surface area contributed by atoms with Crippen LogP contribution in [0.1, 0.15) is 23.2 Å². The molecule has 0 unspecified atom stereocenters. The fourth-order valence-electron chi connectivity index (χ4n) is 3.31. The number of carbonyl (C=O) groups is 1. The van der Waals surface area contributed by atoms with Gasteiger partial charge in [-0.3, -0.25) is 4.79 Å². The molecule has 1 aliphatic rings. The van der Waals surface area contributed by atoms with Crippen LogP contribution in [0.3, 0.4) is 0 Å². The minimum absolute atomic E-state index is 0.0749. The highest BCUT2D eigenvalue weighted by Gasteiger charge is 2.19. The summed E-state index contributed by atoms with van der Waals surface area (Å²) in [6.45, 7) is 1.33. The van der Waals surface area contributed by atoms with Gasteiger partial charge in [-0.1, -0.05) is 42.1 Å². The van der Waals surface area contributed by atoms with E-state index in [4.69, 9.17) is 9.72 Å². The van der Waals surface area contributed by atoms with Crippen molar-refractivity contribution >= 4 is 40.3 Å². The van der Waals surface area contributed by atoms with Gasteiger partial charge in [-0.2, -0.15) is 0 Å². The van der Waals surface area contributed by atoms with Crippen molar-refractivity contribution in [2.75, 3.05) is 19.4 Å². The van der Waals surface area contributed by atoms with Crippen molar-refractivity contribution in [1.29, 1.82) is 0 Å². The van der Waals surface area contributed by atoms with Crippen LogP contribution in [0.5, 0.6) is 0 Å². The molecule has 1 amide bonds. The van der Waals surface area contributed by atoms with Crippen LogP contribution in [0.15, 0.2) is 69.4 Å². The van der Waals surface area contributed by atoms with E-state index in [0.29, 0.717) is 12.1 Å². The monoisotopic (exact) mass is 410 g/mol. The highest BCUT2D eigenvalue weighted by atomic mass is 32.2. The number of nitrogens with zero attached hydrogens (tertiary/aromatic N) is 1. The minimum Gasteiger partial charge on any atom is -0.376 e. The number of benzene rings is 2. The predicted octanol–water partition coefficient (Wildman–Crippen LogP) is 5.02. The maximum Gasteiger partial charge on any atom is 0.252 e. The molecule has 4 nitrogen and oxygen atoms in total. The molecule has 1 aromatic heterocycles. The van der Waals surface area contributed by atoms with Gasteiger partial charge in [0.1, 0.15) is 5.03 Å². The van der Waals surface area contributed by atoms with Gasteiger partial charge >= 0.3 is 0 Å². The zero-order valence-corrected chi connectivity index (χ0v) is 17.3. The summed E-state index contributed by atoms with van der Waals surface area (Å²) in [5.41, 5.74) is 1.49. The molecule has 1 atom stereocenters. The third-order valence-corrected chi connectivity index (χ3v) is 6.65. The number of aromatic nitrogens is 1. The van der Waals surface area contributed by atoms with Gasteiger partial charge in [0.05, 0.1) is 17.2 Å². The molecule has 0 bridgehead atoms. The number of nitrogens with one attached hydrogen (secondary N) is 1. The first-order valence-corrected chi connectivity index (χ1v) is 11.4. The lowest BCUT2D eigenvalue weighted by Crippen LogP contribution is -2.31. The van der Waals surface area contributed by atoms with E-state index >= 15 is 0 Å². The largest absolute Gasteiger partial charge is 0.376 e. The molecular formula is C22H22N2O2S2. The predicted molar refractivity (Wildman–Crippen MR) is 115 cm³/mol. The van der Waals surface area contributed by atoms with Crippen molar-refractivity contribution in [2.24, 2.45) is 0 Å². The Hall–Kier alpha value is -2.02. The Balaban J connectivity index is 1.64. The zero-order valence-electron chi connectivity index (χ0n) is 15.7. The molecule has 0 spiro atoms. The number of fused-ring (bicyclic) bond motifs is 1. The Morgan fingerprint density at radius 1 is 1.18 bits per heavy atom. The quantitative estimate of drug-likeness (QED) is 0.579. The maximum atomic E-state index is 12.9. The second-order valence-corrected chi connectivity index (χ2v) is 8.53. The van der Waals surface area contributed by atoms with Gasteiger partial charge in [0.15, 0.2) is 0 Å². The summed E-state index contributed by atoms with van der Waals surface area (Å²) in [4.78, 5) is 20.1. The van der Waals surface area contributed by atoms with Gasteiger partial charge in [0.2, 0.25) is 0 Å². The topological polar surface area (TPSA) is 51.2 Å². The van der Waals surface area contributed by atoms with Gasteiger partial charge in [-0.25, -0.2) is 4.98 Å². The van der Waals surface area contributed by atoms with E-state index in [1.165, 1.54) is 4.90 Å². The van der Waals surface area contributed by atoms with Crippen molar-refractivity contribution in [3.8, 4) is 0 Å². The second kappa shape index (κ2) is 8.99. The first-order valence-electron chi connectivity index (χ1n) is 9.35. The van der Waals surface area contributed by atoms with Crippen LogP contribution < -0.4 is 5.32 Å². The summed E-state index contributed by atoms with van der Waals surface area (Å²) in [5, 5.41) is 4.73. The van der Waals surface area contributed by atoms with Crippen molar-refractivity contribution in [3.05, 3.63) is 60.2 Å². The average molecular weight is 411 g/mol. The summed E-state index contributed by atoms with van der Waals surface area (Å²) >= 11 is 3.30. The van der Waals surface area contributed by atoms with E-state index < -0.39 is 0 Å². The summed E-state index contributed by atoms with van der Waals surface area (Å²) in [6, 6.07) is 17.9. The summed E-state index contributed by atoms with van der Waals surface area (Å²) in [7, 11) is 0. The fraction of sp³-hybridized carbons (Fsp3) is 0.273. The van der Waals surface area contributed by atoms with Crippen LogP contribution in [0.4, 0.5) is 0 Å². The fourth-order valence-corrected chi connectivity index (χ4v) is 5.03. The smallest absolute Gasteiger partial charge is 0.252 e. The molecule has 1 aliphatic heterocycles. The summed E-state index contributed by atoms with van der Waals surface area (Å²) in [5.74, 6) is -0.0749. The molecule has 3 aromatic rings. The molecule has 2 heterocycles. The van der Waals surface area contributed by atoms with Crippen LogP contribution >= 0.6 is 23.5 Å². The standard InChI is InChI=1S/C22H22N2O2S2/c1-27-19-10-4-5-11-20(19)28-21-13-17(16-8-2-3-9-18(16)24-21)22(25)23-14-15-7-6-12-26-15/h2-5,8-11,13,15H,6-7,12,14H2,1H3,(H,23,25)/t15-/m0/s1. The maximum absolute atomic E-state index is 12.9. The molecule has 144 valence electrons. The van der Waals surface area contributed by atoms with Crippen molar-refractivity contribution in [3.63, 3.8) is 0 Å². The third kappa shape index (κ3) is 4.35. The van der Waals surface area contributed by atoms with E-state index in [2.05, 4.69) is 23.7 Å². The second-order valence-electron chi connectivity index (χ2n) is 6.62. The molecule has 2 aromatic carbocycles. The normalized spacial score (nSPS) is 16.4. The van der Waals surface area contributed by atoms with Gasteiger partial charge in [-0.15, -0.1) is 11.8 Å². The van der Waals surface area contributed by atoms with Crippen molar-refractivity contribution in [1.82, 2.24) is 10.3 Å². The van der Waals surface area contributed by atoms with Crippen LogP contribution in [0.25, 0.3) is 10.9 Å². The number of thioether (sulfide) groups is 1. The molecule has 1 fully saturated rings. The molecule has 6 heteroatoms. The lowest BCUT2D eigenvalue weighted by molar-refractivity contribution is 0.0859. The Bertz CT molecular complexity index is 987. The number of carbonyl (C=O) groups excluding carboxylic acids is 1. The van der Waals surface area contributed by atoms with E-state index in [-0.39, 0.29) is 12.0 Å². The van der Waals surface area contributed by atoms with Crippen molar-refractivity contribution < 1.29 is 9.53 Å². The lowest BCUT2D eigenvalue weighted by Gasteiger charge is -2.13. The van der Waals surface area contributed by atoms with Crippen LogP contribution in [0.2, 0.25) is 0 Å². The van der Waals surface area contributed by atoms with Crippen LogP contribution in [0, 0.1) is 0 Å². The van der Waals surface area contributed by atoms with E-state index in [1.807, 2.05) is 42.5 Å². The average Bonchev–Trinajstić information content (AvgIpc) is 3.25. The first-order chi connectivity index (χ1) is 13.7. The van der Waals surface area contributed by atoms with Gasteiger partial charge in [-0.05, 0) is 43.4 Å². The SMILES string of the molecule is CSc1ccccc1Sc1cc(C(=O)NC[C@@H]2CCCO2)c2ccccc2n1. The number of ether oxygens (including phenoxy) is 1. The Morgan fingerprint density at radius 2 is 1.96 bits per heavy atom. The molecule has 1 saturated heterocycles. The molecule has 28 heavy (non-hydrogen) atoms. The molecule has 0 saturated carbocycles. The summed E-state index contributed by atoms with van der Waals surface area (Å²) < 4.78 is 5.62. The molecule has 1 N–H and O–H groups in total. The lowest BCUT2D eigenvalue weighted by atomic mass is 10.1. The number of hydrogen-bond donors (Lipinski definition) is 1. The molecule has 4 rings (SSSR count). The number of rotatable bonds is 6. The highest BCUT2D eigenvalue weighted by Crippen LogP contribution is 2.35. The van der Waals surface area contributed by atoms with Gasteiger partial charge < -0.3 is 10.1 Å². The number of amides is 1. The van der Waals surface area contributed by atoms with Gasteiger partial charge in [0, 0.05) is 28.3 Å². The van der Waals surface area contributed by atoms with E-state index in [9.17, 15) is 4.79 Å². The summed E-state index contributed by atoms with van der Waals surface area (Å²) in [6.07, 6.45) is 4.26. The third-order valence-electron chi connectivity index (χ3n) is 4.74.